The Morgan fingerprint density at radius 2 is 1.04 bits per heavy atom. The van der Waals surface area contributed by atoms with E-state index in [2.05, 4.69) is 50.8 Å². The fourth-order valence-corrected chi connectivity index (χ4v) is 5.36. The van der Waals surface area contributed by atoms with E-state index in [9.17, 15) is 19.2 Å². The molecule has 4 heterocycles. The smallest absolute Gasteiger partial charge is 0.332 e. The van der Waals surface area contributed by atoms with Gasteiger partial charge in [-0.15, -0.1) is 0 Å². The Hall–Kier alpha value is -8.04. The fourth-order valence-electron chi connectivity index (χ4n) is 5.36. The minimum atomic E-state index is -0.787. The third-order valence-electron chi connectivity index (χ3n) is 8.18. The molecule has 57 heavy (non-hydrogen) atoms. The van der Waals surface area contributed by atoms with Gasteiger partial charge in [0, 0.05) is 49.4 Å². The van der Waals surface area contributed by atoms with Crippen LogP contribution in [0.1, 0.15) is 51.4 Å². The summed E-state index contributed by atoms with van der Waals surface area (Å²) in [5, 5.41) is 0. The van der Waals surface area contributed by atoms with Crippen LogP contribution in [0.4, 0.5) is 34.9 Å². The normalized spacial score (nSPS) is 10.8. The largest absolute Gasteiger partial charge is 0.382 e. The summed E-state index contributed by atoms with van der Waals surface area (Å²) in [5.74, 6) is -2.70. The molecule has 0 unspecified atom stereocenters. The first-order chi connectivity index (χ1) is 27.3. The van der Waals surface area contributed by atoms with Crippen LogP contribution in [0.15, 0.2) is 60.9 Å². The molecule has 0 aliphatic heterocycles. The van der Waals surface area contributed by atoms with Crippen LogP contribution in [0, 0.1) is 0 Å². The molecule has 0 atom stereocenters. The Bertz CT molecular complexity index is 2330. The van der Waals surface area contributed by atoms with E-state index in [1.165, 1.54) is 12.4 Å². The van der Waals surface area contributed by atoms with Gasteiger partial charge in [0.15, 0.2) is 34.0 Å². The van der Waals surface area contributed by atoms with Crippen molar-refractivity contribution in [3.8, 4) is 0 Å². The average molecular weight is 777 g/mol. The predicted molar refractivity (Wildman–Crippen MR) is 206 cm³/mol. The molecule has 2 aromatic carbocycles. The number of anilines is 6. The summed E-state index contributed by atoms with van der Waals surface area (Å²) in [6.07, 6.45) is 2.66. The second kappa shape index (κ2) is 17.0. The van der Waals surface area contributed by atoms with Gasteiger partial charge in [0.2, 0.25) is 11.9 Å². The first kappa shape index (κ1) is 38.7. The summed E-state index contributed by atoms with van der Waals surface area (Å²) in [6, 6.07) is 13.2. The van der Waals surface area contributed by atoms with Crippen LogP contribution in [-0.4, -0.2) is 77.7 Å². The van der Waals surface area contributed by atoms with E-state index in [-0.39, 0.29) is 65.2 Å². The predicted octanol–water partition coefficient (Wildman–Crippen LogP) is 1.00. The van der Waals surface area contributed by atoms with Crippen molar-refractivity contribution in [3.63, 3.8) is 0 Å². The summed E-state index contributed by atoms with van der Waals surface area (Å²) in [5.41, 5.74) is 31.4. The SMILES string of the molecule is CN(Cc1cnc2nc(N)nc(N)c2n1)c1cccc(C(=O)NOC(=O)CCCC(=O)ONC(=O)c2cccc(N(C)Cc3cnc4nc(N)nc(N)c4n3)c2)c1. The van der Waals surface area contributed by atoms with Crippen LogP contribution in [0.5, 0.6) is 0 Å². The average Bonchev–Trinajstić information content (AvgIpc) is 3.19. The van der Waals surface area contributed by atoms with Gasteiger partial charge in [-0.05, 0) is 42.8 Å². The Balaban J connectivity index is 0.912. The monoisotopic (exact) mass is 776 g/mol. The summed E-state index contributed by atoms with van der Waals surface area (Å²) >= 11 is 0. The molecule has 0 saturated heterocycles. The third kappa shape index (κ3) is 9.74. The lowest BCUT2D eigenvalue weighted by atomic mass is 10.2. The summed E-state index contributed by atoms with van der Waals surface area (Å²) in [4.78, 5) is 96.8. The fraction of sp³-hybridized carbons (Fsp3) is 0.200. The van der Waals surface area contributed by atoms with Crippen LogP contribution >= 0.6 is 0 Å². The first-order valence-corrected chi connectivity index (χ1v) is 17.0. The summed E-state index contributed by atoms with van der Waals surface area (Å²) in [6.45, 7) is 0.608. The number of nitrogens with two attached hydrogens (primary N) is 4. The molecule has 0 radical (unpaired) electrons. The van der Waals surface area contributed by atoms with E-state index in [0.717, 1.165) is 0 Å². The first-order valence-electron chi connectivity index (χ1n) is 17.0. The summed E-state index contributed by atoms with van der Waals surface area (Å²) < 4.78 is 0. The number of nitrogens with one attached hydrogen (secondary N) is 2. The van der Waals surface area contributed by atoms with E-state index in [0.29, 0.717) is 46.9 Å². The maximum atomic E-state index is 12.7. The number of benzene rings is 2. The van der Waals surface area contributed by atoms with E-state index >= 15 is 0 Å². The highest BCUT2D eigenvalue weighted by atomic mass is 16.7. The number of rotatable bonds is 12. The van der Waals surface area contributed by atoms with Gasteiger partial charge in [0.1, 0.15) is 0 Å². The lowest BCUT2D eigenvalue weighted by Gasteiger charge is -2.19. The van der Waals surface area contributed by atoms with E-state index in [1.54, 1.807) is 62.6 Å². The van der Waals surface area contributed by atoms with Gasteiger partial charge in [-0.1, -0.05) is 12.1 Å². The van der Waals surface area contributed by atoms with Gasteiger partial charge in [-0.25, -0.2) is 29.5 Å². The van der Waals surface area contributed by atoms with Gasteiger partial charge in [-0.2, -0.15) is 30.9 Å². The van der Waals surface area contributed by atoms with Crippen molar-refractivity contribution in [1.82, 2.24) is 50.8 Å². The summed E-state index contributed by atoms with van der Waals surface area (Å²) in [7, 11) is 3.58. The third-order valence-corrected chi connectivity index (χ3v) is 8.18. The van der Waals surface area contributed by atoms with Gasteiger partial charge in [0.05, 0.1) is 36.9 Å². The van der Waals surface area contributed by atoms with Crippen molar-refractivity contribution in [1.29, 1.82) is 0 Å². The van der Waals surface area contributed by atoms with E-state index in [1.807, 2.05) is 9.80 Å². The molecule has 0 fully saturated rings. The quantitative estimate of drug-likeness (QED) is 0.0944. The van der Waals surface area contributed by atoms with Gasteiger partial charge in [-0.3, -0.25) is 9.59 Å². The molecule has 0 spiro atoms. The second-order valence-corrected chi connectivity index (χ2v) is 12.5. The minimum Gasteiger partial charge on any atom is -0.382 e. The van der Waals surface area contributed by atoms with Crippen LogP contribution in [0.25, 0.3) is 22.3 Å². The molecule has 292 valence electrons. The number of hydrogen-bond donors (Lipinski definition) is 6. The van der Waals surface area contributed by atoms with Crippen LogP contribution in [0.2, 0.25) is 0 Å². The molecule has 0 saturated carbocycles. The molecular weight excluding hydrogens is 740 g/mol. The molecule has 10 N–H and O–H groups in total. The number of carbonyl (C=O) groups is 4. The Labute approximate surface area is 322 Å². The number of hydroxylamine groups is 2. The van der Waals surface area contributed by atoms with Crippen LogP contribution < -0.4 is 43.7 Å². The van der Waals surface area contributed by atoms with Gasteiger partial charge in [0.25, 0.3) is 11.8 Å². The maximum absolute atomic E-state index is 12.7. The number of amides is 2. The van der Waals surface area contributed by atoms with Crippen molar-refractivity contribution in [3.05, 3.63) is 83.4 Å². The zero-order valence-corrected chi connectivity index (χ0v) is 30.5. The molecule has 6 aromatic rings. The van der Waals surface area contributed by atoms with Crippen molar-refractivity contribution >= 4 is 81.0 Å². The Kier molecular flexibility index (Phi) is 11.5. The Morgan fingerprint density at radius 1 is 0.614 bits per heavy atom. The van der Waals surface area contributed by atoms with Crippen LogP contribution in [0.3, 0.4) is 0 Å². The zero-order chi connectivity index (χ0) is 40.6. The van der Waals surface area contributed by atoms with E-state index < -0.39 is 23.8 Å². The zero-order valence-electron chi connectivity index (χ0n) is 30.5. The van der Waals surface area contributed by atoms with Crippen molar-refractivity contribution in [2.45, 2.75) is 32.4 Å². The van der Waals surface area contributed by atoms with Crippen molar-refractivity contribution in [2.24, 2.45) is 0 Å². The highest BCUT2D eigenvalue weighted by Crippen LogP contribution is 2.21. The highest BCUT2D eigenvalue weighted by molar-refractivity contribution is 5.96. The number of aromatic nitrogens is 8. The van der Waals surface area contributed by atoms with Gasteiger partial charge >= 0.3 is 11.9 Å². The molecule has 22 nitrogen and oxygen atoms in total. The van der Waals surface area contributed by atoms with Gasteiger partial charge < -0.3 is 42.4 Å². The van der Waals surface area contributed by atoms with Crippen LogP contribution in [-0.2, 0) is 32.4 Å². The topological polar surface area (TPSA) is 324 Å². The molecule has 0 aliphatic rings. The lowest BCUT2D eigenvalue weighted by Crippen LogP contribution is -2.28. The number of hydrogen-bond acceptors (Lipinski definition) is 20. The number of nitrogen functional groups attached to an aromatic ring is 4. The lowest BCUT2D eigenvalue weighted by molar-refractivity contribution is -0.151. The molecule has 6 rings (SSSR count). The molecule has 0 aliphatic carbocycles. The van der Waals surface area contributed by atoms with Crippen molar-refractivity contribution in [2.75, 3.05) is 46.8 Å². The molecule has 22 heteroatoms. The maximum Gasteiger partial charge on any atom is 0.332 e. The molecular formula is C35H36N16O6. The molecule has 2 amide bonds. The number of fused-ring (bicyclic) bond motifs is 2. The second-order valence-electron chi connectivity index (χ2n) is 12.5. The van der Waals surface area contributed by atoms with E-state index in [4.69, 9.17) is 32.6 Å². The number of carbonyl (C=O) groups excluding carboxylic acids is 4. The highest BCUT2D eigenvalue weighted by Gasteiger charge is 2.16. The van der Waals surface area contributed by atoms with Crippen molar-refractivity contribution < 1.29 is 28.9 Å². The number of nitrogens with zero attached hydrogens (tertiary/aromatic N) is 10. The molecule has 0 bridgehead atoms. The molecule has 4 aromatic heterocycles. The minimum absolute atomic E-state index is 0.00492. The Morgan fingerprint density at radius 3 is 1.46 bits per heavy atom. The standard InChI is InChI=1S/C35H36N16O6/c1-50(16-20-14-40-30-26(42-20)28(36)44-34(38)46-30)22-8-3-6-18(12-22)32(54)48-56-24(52)10-5-11-25(53)57-49-33(55)19-7-4-9-23(13-19)51(2)17-21-15-41-31-27(43-21)29(37)45-35(39)47-31/h3-4,6-9,12-15H,5,10-11,16-17H2,1-2H3,(H,48,54)(H,49,55)(H4,36,38,40,44,46)(H4,37,39,41,45,47).